The highest BCUT2D eigenvalue weighted by atomic mass is 16.3. The summed E-state index contributed by atoms with van der Waals surface area (Å²) >= 11 is 0. The van der Waals surface area contributed by atoms with Crippen LogP contribution in [0.4, 0.5) is 0 Å². The summed E-state index contributed by atoms with van der Waals surface area (Å²) in [6.45, 7) is 2.35. The van der Waals surface area contributed by atoms with E-state index in [2.05, 4.69) is 15.5 Å². The molecule has 0 spiro atoms. The maximum atomic E-state index is 13.9. The topological polar surface area (TPSA) is 51.3 Å². The summed E-state index contributed by atoms with van der Waals surface area (Å²) in [5.74, 6) is 1.75. The van der Waals surface area contributed by atoms with Gasteiger partial charge in [0.05, 0.1) is 17.3 Å². The van der Waals surface area contributed by atoms with Crippen molar-refractivity contribution in [3.63, 3.8) is 0 Å². The fourth-order valence-corrected chi connectivity index (χ4v) is 5.65. The molecule has 2 saturated carbocycles. The summed E-state index contributed by atoms with van der Waals surface area (Å²) in [5, 5.41) is 0. The van der Waals surface area contributed by atoms with Crippen molar-refractivity contribution in [3.8, 4) is 11.6 Å². The number of rotatable bonds is 5. The minimum absolute atomic E-state index is 0.243. The van der Waals surface area contributed by atoms with Crippen molar-refractivity contribution in [1.82, 2.24) is 14.5 Å². The third-order valence-electron chi connectivity index (χ3n) is 7.24. The molecule has 2 aromatic heterocycles. The van der Waals surface area contributed by atoms with E-state index in [9.17, 15) is 4.79 Å². The van der Waals surface area contributed by atoms with Crippen LogP contribution in [0, 0.1) is 6.92 Å². The van der Waals surface area contributed by atoms with Crippen LogP contribution in [0.25, 0.3) is 22.6 Å². The molecule has 5 heteroatoms. The first-order valence-electron chi connectivity index (χ1n) is 12.0. The highest BCUT2D eigenvalue weighted by Gasteiger charge is 2.33. The summed E-state index contributed by atoms with van der Waals surface area (Å²) in [7, 11) is 0. The van der Waals surface area contributed by atoms with Gasteiger partial charge < -0.3 is 13.9 Å². The number of nitrogens with zero attached hydrogens (tertiary/aromatic N) is 3. The second-order valence-corrected chi connectivity index (χ2v) is 9.33. The lowest BCUT2D eigenvalue weighted by Gasteiger charge is -2.42. The van der Waals surface area contributed by atoms with Crippen LogP contribution in [0.3, 0.4) is 0 Å². The maximum Gasteiger partial charge on any atom is 0.243 e. The Bertz CT molecular complexity index is 1020. The summed E-state index contributed by atoms with van der Waals surface area (Å²) in [6, 6.07) is 10.8. The Kier molecular flexibility index (Phi) is 5.84. The number of amides is 1. The van der Waals surface area contributed by atoms with Crippen LogP contribution in [-0.2, 0) is 11.3 Å². The molecule has 31 heavy (non-hydrogen) atoms. The van der Waals surface area contributed by atoms with Gasteiger partial charge in [-0.25, -0.2) is 4.98 Å². The zero-order valence-electron chi connectivity index (χ0n) is 18.6. The third kappa shape index (κ3) is 4.02. The van der Waals surface area contributed by atoms with Gasteiger partial charge in [0, 0.05) is 12.1 Å². The number of carbonyl (C=O) groups is 1. The van der Waals surface area contributed by atoms with Gasteiger partial charge in [0.25, 0.3) is 0 Å². The molecule has 5 rings (SSSR count). The largest absolute Gasteiger partial charge is 0.461 e. The van der Waals surface area contributed by atoms with Crippen molar-refractivity contribution in [2.75, 3.05) is 0 Å². The Morgan fingerprint density at radius 1 is 1.00 bits per heavy atom. The molecule has 0 atom stereocenters. The molecule has 0 radical (unpaired) electrons. The zero-order chi connectivity index (χ0) is 21.2. The van der Waals surface area contributed by atoms with E-state index in [0.29, 0.717) is 18.6 Å². The van der Waals surface area contributed by atoms with Crippen LogP contribution in [-0.4, -0.2) is 32.4 Å². The number of fused-ring (bicyclic) bond motifs is 1. The number of imidazole rings is 1. The molecule has 0 saturated heterocycles. The van der Waals surface area contributed by atoms with E-state index in [1.807, 2.05) is 31.2 Å². The fourth-order valence-electron chi connectivity index (χ4n) is 5.65. The van der Waals surface area contributed by atoms with E-state index < -0.39 is 0 Å². The van der Waals surface area contributed by atoms with Crippen LogP contribution in [0.15, 0.2) is 41.0 Å². The molecule has 1 aromatic carbocycles. The van der Waals surface area contributed by atoms with Crippen molar-refractivity contribution in [1.29, 1.82) is 0 Å². The molecule has 3 aromatic rings. The van der Waals surface area contributed by atoms with Gasteiger partial charge >= 0.3 is 0 Å². The van der Waals surface area contributed by atoms with Crippen LogP contribution >= 0.6 is 0 Å². The Labute approximate surface area is 184 Å². The number of benzene rings is 1. The quantitative estimate of drug-likeness (QED) is 0.502. The fraction of sp³-hybridized carbons (Fsp3) is 0.538. The Morgan fingerprint density at radius 2 is 1.65 bits per heavy atom. The third-order valence-corrected chi connectivity index (χ3v) is 7.24. The number of aryl methyl sites for hydroxylation is 1. The van der Waals surface area contributed by atoms with Crippen LogP contribution in [0.2, 0.25) is 0 Å². The number of aromatic nitrogens is 2. The van der Waals surface area contributed by atoms with Crippen molar-refractivity contribution < 1.29 is 9.21 Å². The Morgan fingerprint density at radius 3 is 2.26 bits per heavy atom. The molecular formula is C26H33N3O2. The van der Waals surface area contributed by atoms with E-state index >= 15 is 0 Å². The van der Waals surface area contributed by atoms with Crippen LogP contribution in [0.1, 0.15) is 69.8 Å². The molecule has 0 bridgehead atoms. The number of hydrogen-bond donors (Lipinski definition) is 0. The van der Waals surface area contributed by atoms with E-state index in [4.69, 9.17) is 9.40 Å². The predicted molar refractivity (Wildman–Crippen MR) is 123 cm³/mol. The van der Waals surface area contributed by atoms with Gasteiger partial charge in [-0.2, -0.15) is 0 Å². The smallest absolute Gasteiger partial charge is 0.243 e. The maximum absolute atomic E-state index is 13.9. The summed E-state index contributed by atoms with van der Waals surface area (Å²) in [4.78, 5) is 21.1. The van der Waals surface area contributed by atoms with Gasteiger partial charge in [-0.15, -0.1) is 0 Å². The lowest BCUT2D eigenvalue weighted by atomic mass is 9.88. The predicted octanol–water partition coefficient (Wildman–Crippen LogP) is 6.10. The lowest BCUT2D eigenvalue weighted by molar-refractivity contribution is -0.138. The molecule has 2 aliphatic rings. The first kappa shape index (κ1) is 20.3. The zero-order valence-corrected chi connectivity index (χ0v) is 18.6. The average Bonchev–Trinajstić information content (AvgIpc) is 3.39. The van der Waals surface area contributed by atoms with Gasteiger partial charge in [0.2, 0.25) is 5.91 Å². The van der Waals surface area contributed by atoms with E-state index in [-0.39, 0.29) is 5.91 Å². The van der Waals surface area contributed by atoms with Gasteiger partial charge in [-0.1, -0.05) is 50.7 Å². The van der Waals surface area contributed by atoms with E-state index in [1.165, 1.54) is 38.5 Å². The van der Waals surface area contributed by atoms with Gasteiger partial charge in [0.15, 0.2) is 11.6 Å². The molecule has 2 aliphatic carbocycles. The second kappa shape index (κ2) is 8.89. The Balaban J connectivity index is 1.51. The van der Waals surface area contributed by atoms with Crippen molar-refractivity contribution in [2.24, 2.45) is 0 Å². The number of hydrogen-bond acceptors (Lipinski definition) is 3. The van der Waals surface area contributed by atoms with Crippen LogP contribution < -0.4 is 0 Å². The summed E-state index contributed by atoms with van der Waals surface area (Å²) < 4.78 is 7.86. The average molecular weight is 420 g/mol. The van der Waals surface area contributed by atoms with Crippen molar-refractivity contribution in [3.05, 3.63) is 42.2 Å². The summed E-state index contributed by atoms with van der Waals surface area (Å²) in [6.07, 6.45) is 13.9. The highest BCUT2D eigenvalue weighted by Crippen LogP contribution is 2.32. The van der Waals surface area contributed by atoms with Crippen LogP contribution in [0.5, 0.6) is 0 Å². The number of carbonyl (C=O) groups excluding carboxylic acids is 1. The molecule has 1 amide bonds. The molecule has 164 valence electrons. The lowest BCUT2D eigenvalue weighted by Crippen LogP contribution is -2.50. The molecule has 2 fully saturated rings. The normalized spacial score (nSPS) is 18.5. The van der Waals surface area contributed by atoms with E-state index in [0.717, 1.165) is 53.9 Å². The van der Waals surface area contributed by atoms with E-state index in [1.54, 1.807) is 6.26 Å². The number of para-hydroxylation sites is 2. The second-order valence-electron chi connectivity index (χ2n) is 9.33. The molecule has 0 unspecified atom stereocenters. The van der Waals surface area contributed by atoms with Crippen molar-refractivity contribution >= 4 is 16.9 Å². The molecule has 0 aliphatic heterocycles. The monoisotopic (exact) mass is 419 g/mol. The number of furan rings is 1. The standard InChI is InChI=1S/C26H33N3O2/c1-19-16-17-31-25(19)26-27-22-14-8-9-15-23(22)28(26)18-24(30)29(20-10-4-2-5-11-20)21-12-6-3-7-13-21/h8-9,14-17,20-21H,2-7,10-13,18H2,1H3. The molecule has 5 nitrogen and oxygen atoms in total. The van der Waals surface area contributed by atoms with Crippen molar-refractivity contribution in [2.45, 2.75) is 89.8 Å². The van der Waals surface area contributed by atoms with Gasteiger partial charge in [0.1, 0.15) is 6.54 Å². The molecule has 2 heterocycles. The highest BCUT2D eigenvalue weighted by molar-refractivity contribution is 5.84. The van der Waals surface area contributed by atoms with Gasteiger partial charge in [-0.05, 0) is 56.4 Å². The SMILES string of the molecule is Cc1ccoc1-c1nc2ccccc2n1CC(=O)N(C1CCCCC1)C1CCCCC1. The first-order chi connectivity index (χ1) is 15.2. The first-order valence-corrected chi connectivity index (χ1v) is 12.0. The minimum Gasteiger partial charge on any atom is -0.461 e. The van der Waals surface area contributed by atoms with Gasteiger partial charge in [-0.3, -0.25) is 4.79 Å². The molecule has 0 N–H and O–H groups in total. The Hall–Kier alpha value is -2.56. The molecular weight excluding hydrogens is 386 g/mol. The minimum atomic E-state index is 0.243. The summed E-state index contributed by atoms with van der Waals surface area (Å²) in [5.41, 5.74) is 2.94.